The smallest absolute Gasteiger partial charge is 0.229 e. The first-order valence-corrected chi connectivity index (χ1v) is 12.1. The van der Waals surface area contributed by atoms with E-state index in [2.05, 4.69) is 31.0 Å². The molecule has 4 nitrogen and oxygen atoms in total. The molecule has 2 aromatic heterocycles. The molecule has 4 aromatic rings. The van der Waals surface area contributed by atoms with Gasteiger partial charge in [0.1, 0.15) is 0 Å². The van der Waals surface area contributed by atoms with Crippen molar-refractivity contribution in [1.29, 1.82) is 0 Å². The molecule has 0 atom stereocenters. The van der Waals surface area contributed by atoms with Crippen molar-refractivity contribution in [1.82, 2.24) is 9.97 Å². The molecule has 7 heteroatoms. The van der Waals surface area contributed by atoms with Gasteiger partial charge in [-0.3, -0.25) is 14.7 Å². The monoisotopic (exact) mass is 467 g/mol. The number of thiazole rings is 1. The minimum Gasteiger partial charge on any atom is -0.284 e. The number of pyridine rings is 1. The maximum Gasteiger partial charge on any atom is 0.229 e. The summed E-state index contributed by atoms with van der Waals surface area (Å²) in [6, 6.07) is 15.8. The van der Waals surface area contributed by atoms with E-state index in [9.17, 15) is 4.79 Å². The van der Waals surface area contributed by atoms with Gasteiger partial charge in [0.05, 0.1) is 16.8 Å². The number of hydrogen-bond acceptors (Lipinski definition) is 5. The zero-order chi connectivity index (χ0) is 21.8. The summed E-state index contributed by atoms with van der Waals surface area (Å²) in [6.45, 7) is 4.64. The lowest BCUT2D eigenvalue weighted by molar-refractivity contribution is -0.118. The maximum absolute atomic E-state index is 13.2. The number of carbonyl (C=O) groups excluding carboxylic acids is 1. The first-order chi connectivity index (χ1) is 15.0. The largest absolute Gasteiger partial charge is 0.284 e. The van der Waals surface area contributed by atoms with Gasteiger partial charge in [-0.25, -0.2) is 4.98 Å². The highest BCUT2D eigenvalue weighted by Gasteiger charge is 2.20. The van der Waals surface area contributed by atoms with Crippen molar-refractivity contribution in [2.45, 2.75) is 31.7 Å². The average Bonchev–Trinajstić information content (AvgIpc) is 3.16. The van der Waals surface area contributed by atoms with Crippen LogP contribution in [0.15, 0.2) is 65.8 Å². The van der Waals surface area contributed by atoms with Crippen molar-refractivity contribution < 1.29 is 4.79 Å². The first-order valence-electron chi connectivity index (χ1n) is 9.95. The van der Waals surface area contributed by atoms with E-state index < -0.39 is 0 Å². The predicted octanol–water partition coefficient (Wildman–Crippen LogP) is 6.68. The first kappa shape index (κ1) is 21.8. The Hall–Kier alpha value is -2.41. The van der Waals surface area contributed by atoms with Crippen molar-refractivity contribution in [3.05, 3.63) is 82.6 Å². The Kier molecular flexibility index (Phi) is 6.90. The highest BCUT2D eigenvalue weighted by Crippen LogP contribution is 2.32. The minimum absolute atomic E-state index is 0.0535. The summed E-state index contributed by atoms with van der Waals surface area (Å²) in [6.07, 6.45) is 3.95. The van der Waals surface area contributed by atoms with Gasteiger partial charge in [-0.2, -0.15) is 0 Å². The molecule has 0 radical (unpaired) electrons. The van der Waals surface area contributed by atoms with Crippen LogP contribution in [0.5, 0.6) is 0 Å². The van der Waals surface area contributed by atoms with E-state index >= 15 is 0 Å². The summed E-state index contributed by atoms with van der Waals surface area (Å²) in [5.41, 5.74) is 4.34. The van der Waals surface area contributed by atoms with Gasteiger partial charge < -0.3 is 0 Å². The lowest BCUT2D eigenvalue weighted by Gasteiger charge is -2.20. The molecule has 0 bridgehead atoms. The number of fused-ring (bicyclic) bond motifs is 1. The number of benzene rings is 2. The summed E-state index contributed by atoms with van der Waals surface area (Å²) in [5.74, 6) is 0.741. The molecule has 0 N–H and O–H groups in total. The van der Waals surface area contributed by atoms with Crippen LogP contribution in [-0.4, -0.2) is 21.6 Å². The lowest BCUT2D eigenvalue weighted by Crippen LogP contribution is -2.30. The maximum atomic E-state index is 13.2. The molecule has 0 fully saturated rings. The Bertz CT molecular complexity index is 1150. The molecule has 0 unspecified atom stereocenters. The molecule has 0 aliphatic heterocycles. The summed E-state index contributed by atoms with van der Waals surface area (Å²) in [5, 5.41) is 1.44. The van der Waals surface area contributed by atoms with E-state index in [0.29, 0.717) is 23.7 Å². The van der Waals surface area contributed by atoms with Gasteiger partial charge >= 0.3 is 0 Å². The molecular weight excluding hydrogens is 446 g/mol. The van der Waals surface area contributed by atoms with E-state index in [1.807, 2.05) is 36.4 Å². The number of halogens is 1. The molecule has 2 heterocycles. The van der Waals surface area contributed by atoms with Crippen LogP contribution in [0.3, 0.4) is 0 Å². The second kappa shape index (κ2) is 9.81. The third kappa shape index (κ3) is 5.45. The van der Waals surface area contributed by atoms with Gasteiger partial charge in [-0.15, -0.1) is 11.8 Å². The Morgan fingerprint density at radius 1 is 1.13 bits per heavy atom. The van der Waals surface area contributed by atoms with Crippen molar-refractivity contribution in [2.75, 3.05) is 10.7 Å². The standard InChI is InChI=1S/C24H22ClN3OS2/c1-16-12-21-22(13-17(16)2)31-24(27-21)28(15-18-4-3-10-26-14-18)23(29)9-11-30-20-7-5-19(25)6-8-20/h3-8,10,12-14H,9,11,15H2,1-2H3. The van der Waals surface area contributed by atoms with Gasteiger partial charge in [0.15, 0.2) is 5.13 Å². The van der Waals surface area contributed by atoms with Crippen molar-refractivity contribution in [3.63, 3.8) is 0 Å². The van der Waals surface area contributed by atoms with E-state index in [-0.39, 0.29) is 5.91 Å². The van der Waals surface area contributed by atoms with Crippen molar-refractivity contribution in [3.8, 4) is 0 Å². The molecule has 0 saturated carbocycles. The Balaban J connectivity index is 1.55. The zero-order valence-electron chi connectivity index (χ0n) is 17.3. The van der Waals surface area contributed by atoms with Gasteiger partial charge in [-0.1, -0.05) is 29.0 Å². The number of aromatic nitrogens is 2. The Morgan fingerprint density at radius 3 is 2.65 bits per heavy atom. The summed E-state index contributed by atoms with van der Waals surface area (Å²) >= 11 is 9.16. The van der Waals surface area contributed by atoms with Crippen LogP contribution in [-0.2, 0) is 11.3 Å². The number of rotatable bonds is 7. The fourth-order valence-corrected chi connectivity index (χ4v) is 5.17. The quantitative estimate of drug-likeness (QED) is 0.284. The molecule has 1 amide bonds. The average molecular weight is 468 g/mol. The summed E-state index contributed by atoms with van der Waals surface area (Å²) < 4.78 is 1.10. The predicted molar refractivity (Wildman–Crippen MR) is 131 cm³/mol. The number of hydrogen-bond donors (Lipinski definition) is 0. The number of carbonyl (C=O) groups is 1. The molecule has 31 heavy (non-hydrogen) atoms. The number of aryl methyl sites for hydroxylation is 2. The second-order valence-electron chi connectivity index (χ2n) is 7.29. The normalized spacial score (nSPS) is 11.1. The second-order valence-corrected chi connectivity index (χ2v) is 9.91. The van der Waals surface area contributed by atoms with Crippen LogP contribution in [0.4, 0.5) is 5.13 Å². The fraction of sp³-hybridized carbons (Fsp3) is 0.208. The molecule has 0 aliphatic rings. The topological polar surface area (TPSA) is 46.1 Å². The van der Waals surface area contributed by atoms with Crippen LogP contribution < -0.4 is 4.90 Å². The van der Waals surface area contributed by atoms with Crippen molar-refractivity contribution >= 4 is 56.0 Å². The molecular formula is C24H22ClN3OS2. The number of thioether (sulfide) groups is 1. The number of amides is 1. The SMILES string of the molecule is Cc1cc2nc(N(Cc3cccnc3)C(=O)CCSc3ccc(Cl)cc3)sc2cc1C. The molecule has 2 aromatic carbocycles. The fourth-order valence-electron chi connectivity index (χ4n) is 3.14. The van der Waals surface area contributed by atoms with Crippen molar-refractivity contribution in [2.24, 2.45) is 0 Å². The van der Waals surface area contributed by atoms with E-state index in [1.54, 1.807) is 40.4 Å². The number of anilines is 1. The highest BCUT2D eigenvalue weighted by molar-refractivity contribution is 7.99. The molecule has 0 spiro atoms. The third-order valence-corrected chi connectivity index (χ3v) is 7.29. The van der Waals surface area contributed by atoms with E-state index in [4.69, 9.17) is 16.6 Å². The summed E-state index contributed by atoms with van der Waals surface area (Å²) in [4.78, 5) is 25.1. The molecule has 4 rings (SSSR count). The van der Waals surface area contributed by atoms with Gasteiger partial charge in [0.25, 0.3) is 0 Å². The van der Waals surface area contributed by atoms with Crippen LogP contribution in [0.2, 0.25) is 5.02 Å². The summed E-state index contributed by atoms with van der Waals surface area (Å²) in [7, 11) is 0. The van der Waals surface area contributed by atoms with Gasteiger partial charge in [0, 0.05) is 34.5 Å². The number of nitrogens with zero attached hydrogens (tertiary/aromatic N) is 3. The zero-order valence-corrected chi connectivity index (χ0v) is 19.7. The molecule has 0 aliphatic carbocycles. The van der Waals surface area contributed by atoms with Gasteiger partial charge in [0.2, 0.25) is 5.91 Å². The minimum atomic E-state index is 0.0535. The van der Waals surface area contributed by atoms with Gasteiger partial charge in [-0.05, 0) is 73.0 Å². The molecule has 158 valence electrons. The Morgan fingerprint density at radius 2 is 1.90 bits per heavy atom. The van der Waals surface area contributed by atoms with Crippen LogP contribution in [0, 0.1) is 13.8 Å². The van der Waals surface area contributed by atoms with E-state index in [0.717, 1.165) is 25.8 Å². The van der Waals surface area contributed by atoms with Crippen LogP contribution in [0.1, 0.15) is 23.1 Å². The Labute approximate surface area is 195 Å². The lowest BCUT2D eigenvalue weighted by atomic mass is 10.1. The van der Waals surface area contributed by atoms with E-state index in [1.165, 1.54) is 11.1 Å². The highest BCUT2D eigenvalue weighted by atomic mass is 35.5. The van der Waals surface area contributed by atoms with Crippen LogP contribution in [0.25, 0.3) is 10.2 Å². The third-order valence-electron chi connectivity index (χ3n) is 4.99. The molecule has 0 saturated heterocycles. The van der Waals surface area contributed by atoms with Crippen LogP contribution >= 0.6 is 34.7 Å².